The number of ether oxygens (including phenoxy) is 3. The number of aromatic nitrogens is 2. The highest BCUT2D eigenvalue weighted by Crippen LogP contribution is 2.35. The van der Waals surface area contributed by atoms with Gasteiger partial charge in [0.05, 0.1) is 32.0 Å². The van der Waals surface area contributed by atoms with Crippen molar-refractivity contribution in [2.45, 2.75) is 6.92 Å². The number of methoxy groups -OCH3 is 2. The molecule has 0 atom stereocenters. The van der Waals surface area contributed by atoms with Crippen molar-refractivity contribution in [2.75, 3.05) is 20.8 Å². The molecule has 0 bridgehead atoms. The lowest BCUT2D eigenvalue weighted by Gasteiger charge is -2.11. The first kappa shape index (κ1) is 16.2. The van der Waals surface area contributed by atoms with Gasteiger partial charge in [-0.1, -0.05) is 12.1 Å². The van der Waals surface area contributed by atoms with Crippen LogP contribution in [0.4, 0.5) is 0 Å². The number of hydrogen-bond donors (Lipinski definition) is 0. The predicted octanol–water partition coefficient (Wildman–Crippen LogP) is 3.10. The maximum Gasteiger partial charge on any atom is 0.338 e. The highest BCUT2D eigenvalue weighted by atomic mass is 79.9. The first-order chi connectivity index (χ1) is 10.6. The van der Waals surface area contributed by atoms with Gasteiger partial charge in [-0.05, 0) is 40.5 Å². The Morgan fingerprint density at radius 3 is 2.36 bits per heavy atom. The summed E-state index contributed by atoms with van der Waals surface area (Å²) in [6.45, 7) is 2.11. The fraction of sp³-hybridized carbons (Fsp3) is 0.267. The Bertz CT molecular complexity index is 674. The molecule has 0 saturated heterocycles. The lowest BCUT2D eigenvalue weighted by atomic mass is 10.1. The molecule has 0 spiro atoms. The Labute approximate surface area is 136 Å². The molecule has 1 aromatic carbocycles. The molecule has 0 radical (unpaired) electrons. The zero-order chi connectivity index (χ0) is 16.1. The predicted molar refractivity (Wildman–Crippen MR) is 84.2 cm³/mol. The molecule has 0 aliphatic heterocycles. The molecule has 2 rings (SSSR count). The molecule has 1 heterocycles. The summed E-state index contributed by atoms with van der Waals surface area (Å²) >= 11 is 3.39. The number of carbonyl (C=O) groups excluding carboxylic acids is 1. The van der Waals surface area contributed by atoms with Gasteiger partial charge in [0.2, 0.25) is 5.88 Å². The van der Waals surface area contributed by atoms with E-state index < -0.39 is 0 Å². The SMILES string of the molecule is CCOC(=O)c1ccc(-c2c(Br)nc(OC)nc2OC)cc1. The average molecular weight is 367 g/mol. The van der Waals surface area contributed by atoms with Crippen molar-refractivity contribution in [3.63, 3.8) is 0 Å². The highest BCUT2D eigenvalue weighted by Gasteiger charge is 2.16. The molecule has 22 heavy (non-hydrogen) atoms. The van der Waals surface area contributed by atoms with Crippen LogP contribution in [0.15, 0.2) is 28.9 Å². The maximum absolute atomic E-state index is 11.7. The van der Waals surface area contributed by atoms with E-state index in [4.69, 9.17) is 14.2 Å². The minimum Gasteiger partial charge on any atom is -0.480 e. The minimum atomic E-state index is -0.355. The van der Waals surface area contributed by atoms with E-state index >= 15 is 0 Å². The van der Waals surface area contributed by atoms with Gasteiger partial charge in [0.15, 0.2) is 0 Å². The molecule has 0 aliphatic rings. The van der Waals surface area contributed by atoms with Crippen LogP contribution >= 0.6 is 15.9 Å². The topological polar surface area (TPSA) is 70.5 Å². The smallest absolute Gasteiger partial charge is 0.338 e. The van der Waals surface area contributed by atoms with Crippen molar-refractivity contribution < 1.29 is 19.0 Å². The molecule has 0 fully saturated rings. The van der Waals surface area contributed by atoms with Gasteiger partial charge >= 0.3 is 12.0 Å². The van der Waals surface area contributed by atoms with Crippen molar-refractivity contribution in [1.82, 2.24) is 9.97 Å². The molecule has 0 N–H and O–H groups in total. The second kappa shape index (κ2) is 7.22. The van der Waals surface area contributed by atoms with E-state index in [1.54, 1.807) is 31.2 Å². The van der Waals surface area contributed by atoms with Gasteiger partial charge in [0.1, 0.15) is 4.60 Å². The molecular formula is C15H15BrN2O4. The van der Waals surface area contributed by atoms with Crippen molar-refractivity contribution in [3.05, 3.63) is 34.4 Å². The van der Waals surface area contributed by atoms with Crippen molar-refractivity contribution in [3.8, 4) is 23.0 Å². The number of rotatable bonds is 5. The molecule has 0 aliphatic carbocycles. The number of nitrogens with zero attached hydrogens (tertiary/aromatic N) is 2. The third-order valence-corrected chi connectivity index (χ3v) is 3.45. The van der Waals surface area contributed by atoms with Crippen LogP contribution in [0.2, 0.25) is 0 Å². The second-order valence-electron chi connectivity index (χ2n) is 4.18. The molecular weight excluding hydrogens is 352 g/mol. The third kappa shape index (κ3) is 3.36. The monoisotopic (exact) mass is 366 g/mol. The summed E-state index contributed by atoms with van der Waals surface area (Å²) in [6.07, 6.45) is 0. The van der Waals surface area contributed by atoms with Crippen molar-refractivity contribution in [1.29, 1.82) is 0 Å². The summed E-state index contributed by atoms with van der Waals surface area (Å²) in [5.74, 6) is 0.0219. The quantitative estimate of drug-likeness (QED) is 0.598. The van der Waals surface area contributed by atoms with E-state index in [9.17, 15) is 4.79 Å². The van der Waals surface area contributed by atoms with Crippen LogP contribution in [-0.2, 0) is 4.74 Å². The number of esters is 1. The first-order valence-electron chi connectivity index (χ1n) is 6.53. The van der Waals surface area contributed by atoms with Crippen LogP contribution in [0.3, 0.4) is 0 Å². The molecule has 6 nitrogen and oxygen atoms in total. The van der Waals surface area contributed by atoms with Crippen molar-refractivity contribution in [2.24, 2.45) is 0 Å². The molecule has 1 aromatic heterocycles. The lowest BCUT2D eigenvalue weighted by Crippen LogP contribution is -2.04. The standard InChI is InChI=1S/C15H15BrN2O4/c1-4-22-14(19)10-7-5-9(6-8-10)11-12(16)17-15(21-3)18-13(11)20-2/h5-8H,4H2,1-3H3. The minimum absolute atomic E-state index is 0.204. The molecule has 2 aromatic rings. The van der Waals surface area contributed by atoms with Gasteiger partial charge in [-0.15, -0.1) is 0 Å². The number of hydrogen-bond acceptors (Lipinski definition) is 6. The summed E-state index contributed by atoms with van der Waals surface area (Å²) in [5, 5.41) is 0. The normalized spacial score (nSPS) is 10.2. The Balaban J connectivity index is 2.42. The van der Waals surface area contributed by atoms with E-state index in [1.165, 1.54) is 14.2 Å². The van der Waals surface area contributed by atoms with E-state index in [-0.39, 0.29) is 12.0 Å². The van der Waals surface area contributed by atoms with Crippen molar-refractivity contribution >= 4 is 21.9 Å². The van der Waals surface area contributed by atoms with Gasteiger partial charge < -0.3 is 14.2 Å². The Kier molecular flexibility index (Phi) is 5.32. The van der Waals surface area contributed by atoms with Crippen LogP contribution in [-0.4, -0.2) is 36.8 Å². The van der Waals surface area contributed by atoms with E-state index in [0.717, 1.165) is 5.56 Å². The van der Waals surface area contributed by atoms with Gasteiger partial charge in [-0.25, -0.2) is 4.79 Å². The van der Waals surface area contributed by atoms with Gasteiger partial charge in [-0.2, -0.15) is 9.97 Å². The number of carbonyl (C=O) groups is 1. The second-order valence-corrected chi connectivity index (χ2v) is 4.93. The van der Waals surface area contributed by atoms with Crippen LogP contribution in [0.25, 0.3) is 11.1 Å². The first-order valence-corrected chi connectivity index (χ1v) is 7.33. The Morgan fingerprint density at radius 2 is 1.82 bits per heavy atom. The Hall–Kier alpha value is -2.15. The molecule has 7 heteroatoms. The van der Waals surface area contributed by atoms with Gasteiger partial charge in [-0.3, -0.25) is 0 Å². The van der Waals surface area contributed by atoms with Gasteiger partial charge in [0, 0.05) is 0 Å². The number of benzene rings is 1. The molecule has 0 saturated carbocycles. The van der Waals surface area contributed by atoms with Crippen LogP contribution in [0, 0.1) is 0 Å². The summed E-state index contributed by atoms with van der Waals surface area (Å²) in [5.41, 5.74) is 1.97. The van der Waals surface area contributed by atoms with E-state index in [2.05, 4.69) is 25.9 Å². The fourth-order valence-electron chi connectivity index (χ4n) is 1.86. The average Bonchev–Trinajstić information content (AvgIpc) is 2.54. The molecule has 0 unspecified atom stereocenters. The maximum atomic E-state index is 11.7. The zero-order valence-electron chi connectivity index (χ0n) is 12.4. The van der Waals surface area contributed by atoms with Gasteiger partial charge in [0.25, 0.3) is 0 Å². The zero-order valence-corrected chi connectivity index (χ0v) is 14.0. The van der Waals surface area contributed by atoms with E-state index in [1.807, 2.05) is 0 Å². The summed E-state index contributed by atoms with van der Waals surface area (Å²) in [6, 6.07) is 7.14. The summed E-state index contributed by atoms with van der Waals surface area (Å²) in [4.78, 5) is 20.0. The summed E-state index contributed by atoms with van der Waals surface area (Å²) < 4.78 is 15.8. The fourth-order valence-corrected chi connectivity index (χ4v) is 2.42. The lowest BCUT2D eigenvalue weighted by molar-refractivity contribution is 0.0526. The summed E-state index contributed by atoms with van der Waals surface area (Å²) in [7, 11) is 3.00. The van der Waals surface area contributed by atoms with Crippen LogP contribution in [0.1, 0.15) is 17.3 Å². The number of halogens is 1. The van der Waals surface area contributed by atoms with Crippen LogP contribution < -0.4 is 9.47 Å². The Morgan fingerprint density at radius 1 is 1.14 bits per heavy atom. The largest absolute Gasteiger partial charge is 0.480 e. The highest BCUT2D eigenvalue weighted by molar-refractivity contribution is 9.10. The third-order valence-electron chi connectivity index (χ3n) is 2.87. The molecule has 0 amide bonds. The van der Waals surface area contributed by atoms with Crippen LogP contribution in [0.5, 0.6) is 11.9 Å². The van der Waals surface area contributed by atoms with E-state index in [0.29, 0.717) is 28.2 Å². The molecule has 116 valence electrons.